The van der Waals surface area contributed by atoms with Gasteiger partial charge in [0.2, 0.25) is 5.91 Å². The van der Waals surface area contributed by atoms with Crippen molar-refractivity contribution in [2.75, 3.05) is 5.32 Å². The van der Waals surface area contributed by atoms with Crippen LogP contribution in [0.3, 0.4) is 0 Å². The van der Waals surface area contributed by atoms with Crippen LogP contribution in [0.15, 0.2) is 18.2 Å². The Morgan fingerprint density at radius 3 is 2.59 bits per heavy atom. The highest BCUT2D eigenvalue weighted by molar-refractivity contribution is 5.91. The van der Waals surface area contributed by atoms with Gasteiger partial charge in [-0.05, 0) is 58.1 Å². The van der Waals surface area contributed by atoms with Gasteiger partial charge in [-0.2, -0.15) is 0 Å². The van der Waals surface area contributed by atoms with E-state index >= 15 is 0 Å². The average Bonchev–Trinajstić information content (AvgIpc) is 2.44. The van der Waals surface area contributed by atoms with Gasteiger partial charge in [0.15, 0.2) is 0 Å². The molecule has 122 valence electrons. The predicted octanol–water partition coefficient (Wildman–Crippen LogP) is 2.91. The summed E-state index contributed by atoms with van der Waals surface area (Å²) in [4.78, 5) is 12.2. The molecule has 0 aliphatic heterocycles. The molecule has 4 nitrogen and oxygen atoms in total. The standard InChI is InChI=1S/C18H28N2O2/c1-12-4-9-17(13(2)10-12)20-18(22)11-14(3)19-15-5-7-16(21)8-6-15/h4,9-10,14-16,19,21H,5-8,11H2,1-3H3,(H,20,22)/t14-,15?,16?/m1/s1. The summed E-state index contributed by atoms with van der Waals surface area (Å²) in [5.41, 5.74) is 3.18. The Morgan fingerprint density at radius 1 is 1.27 bits per heavy atom. The molecule has 1 saturated carbocycles. The van der Waals surface area contributed by atoms with E-state index in [9.17, 15) is 9.90 Å². The lowest BCUT2D eigenvalue weighted by Crippen LogP contribution is -2.41. The summed E-state index contributed by atoms with van der Waals surface area (Å²) < 4.78 is 0. The maximum absolute atomic E-state index is 12.2. The number of nitrogens with one attached hydrogen (secondary N) is 2. The molecule has 4 heteroatoms. The van der Waals surface area contributed by atoms with E-state index in [4.69, 9.17) is 0 Å². The molecular weight excluding hydrogens is 276 g/mol. The minimum absolute atomic E-state index is 0.0443. The first-order valence-electron chi connectivity index (χ1n) is 8.25. The molecule has 1 aromatic rings. The minimum Gasteiger partial charge on any atom is -0.393 e. The van der Waals surface area contributed by atoms with Gasteiger partial charge in [0.1, 0.15) is 0 Å². The highest BCUT2D eigenvalue weighted by Gasteiger charge is 2.21. The summed E-state index contributed by atoms with van der Waals surface area (Å²) in [5, 5.41) is 16.0. The number of aliphatic hydroxyl groups excluding tert-OH is 1. The van der Waals surface area contributed by atoms with Crippen LogP contribution in [-0.4, -0.2) is 29.2 Å². The van der Waals surface area contributed by atoms with E-state index in [2.05, 4.69) is 16.7 Å². The Labute approximate surface area is 133 Å². The molecule has 1 aromatic carbocycles. The second-order valence-electron chi connectivity index (χ2n) is 6.64. The fourth-order valence-corrected chi connectivity index (χ4v) is 3.14. The molecule has 1 atom stereocenters. The Hall–Kier alpha value is -1.39. The summed E-state index contributed by atoms with van der Waals surface area (Å²) in [6.07, 6.45) is 4.03. The fraction of sp³-hybridized carbons (Fsp3) is 0.611. The molecule has 0 heterocycles. The average molecular weight is 304 g/mol. The molecule has 1 aliphatic carbocycles. The molecule has 0 unspecified atom stereocenters. The second kappa shape index (κ2) is 7.75. The van der Waals surface area contributed by atoms with Crippen molar-refractivity contribution >= 4 is 11.6 Å². The third-order valence-corrected chi connectivity index (χ3v) is 4.36. The van der Waals surface area contributed by atoms with Crippen LogP contribution in [-0.2, 0) is 4.79 Å². The van der Waals surface area contributed by atoms with Crippen LogP contribution in [0.2, 0.25) is 0 Å². The number of carbonyl (C=O) groups is 1. The Balaban J connectivity index is 1.78. The zero-order valence-corrected chi connectivity index (χ0v) is 13.9. The smallest absolute Gasteiger partial charge is 0.225 e. The van der Waals surface area contributed by atoms with E-state index in [1.54, 1.807) is 0 Å². The van der Waals surface area contributed by atoms with Crippen LogP contribution < -0.4 is 10.6 Å². The van der Waals surface area contributed by atoms with E-state index in [-0.39, 0.29) is 18.1 Å². The van der Waals surface area contributed by atoms with Gasteiger partial charge in [-0.3, -0.25) is 4.79 Å². The highest BCUT2D eigenvalue weighted by atomic mass is 16.3. The number of aliphatic hydroxyl groups is 1. The van der Waals surface area contributed by atoms with E-state index < -0.39 is 0 Å². The molecular formula is C18H28N2O2. The SMILES string of the molecule is Cc1ccc(NC(=O)C[C@@H](C)NC2CCC(O)CC2)c(C)c1. The highest BCUT2D eigenvalue weighted by Crippen LogP contribution is 2.19. The Bertz CT molecular complexity index is 508. The predicted molar refractivity (Wildman–Crippen MR) is 90.0 cm³/mol. The third-order valence-electron chi connectivity index (χ3n) is 4.36. The third kappa shape index (κ3) is 5.11. The van der Waals surface area contributed by atoms with Crippen LogP contribution in [0.25, 0.3) is 0 Å². The van der Waals surface area contributed by atoms with Crippen molar-refractivity contribution in [2.24, 2.45) is 0 Å². The van der Waals surface area contributed by atoms with E-state index in [1.165, 1.54) is 5.56 Å². The minimum atomic E-state index is -0.138. The van der Waals surface area contributed by atoms with E-state index in [1.807, 2.05) is 32.9 Å². The number of carbonyl (C=O) groups excluding carboxylic acids is 1. The van der Waals surface area contributed by atoms with Gasteiger partial charge in [0, 0.05) is 24.2 Å². The molecule has 0 spiro atoms. The number of benzene rings is 1. The monoisotopic (exact) mass is 304 g/mol. The van der Waals surface area contributed by atoms with Crippen molar-refractivity contribution in [3.05, 3.63) is 29.3 Å². The number of hydrogen-bond acceptors (Lipinski definition) is 3. The van der Waals surface area contributed by atoms with Gasteiger partial charge < -0.3 is 15.7 Å². The first-order chi connectivity index (χ1) is 10.4. The normalized spacial score (nSPS) is 23.1. The fourth-order valence-electron chi connectivity index (χ4n) is 3.14. The number of anilines is 1. The second-order valence-corrected chi connectivity index (χ2v) is 6.64. The number of rotatable bonds is 5. The molecule has 0 aromatic heterocycles. The number of aryl methyl sites for hydroxylation is 2. The summed E-state index contributed by atoms with van der Waals surface area (Å²) in [7, 11) is 0. The van der Waals surface area contributed by atoms with Crippen LogP contribution in [0.4, 0.5) is 5.69 Å². The topological polar surface area (TPSA) is 61.4 Å². The molecule has 3 N–H and O–H groups in total. The van der Waals surface area contributed by atoms with Crippen molar-refractivity contribution in [3.8, 4) is 0 Å². The van der Waals surface area contributed by atoms with Crippen LogP contribution >= 0.6 is 0 Å². The van der Waals surface area contributed by atoms with Crippen molar-refractivity contribution in [3.63, 3.8) is 0 Å². The van der Waals surface area contributed by atoms with Crippen molar-refractivity contribution in [2.45, 2.75) is 71.1 Å². The van der Waals surface area contributed by atoms with Crippen LogP contribution in [0.1, 0.15) is 50.2 Å². The summed E-state index contributed by atoms with van der Waals surface area (Å²) in [6.45, 7) is 6.11. The molecule has 0 radical (unpaired) electrons. The quantitative estimate of drug-likeness (QED) is 0.784. The van der Waals surface area contributed by atoms with Gasteiger partial charge in [-0.1, -0.05) is 17.7 Å². The first kappa shape index (κ1) is 17.0. The van der Waals surface area contributed by atoms with Crippen molar-refractivity contribution < 1.29 is 9.90 Å². The maximum Gasteiger partial charge on any atom is 0.225 e. The Morgan fingerprint density at radius 2 is 1.95 bits per heavy atom. The molecule has 22 heavy (non-hydrogen) atoms. The molecule has 1 aliphatic rings. The summed E-state index contributed by atoms with van der Waals surface area (Å²) in [6, 6.07) is 6.61. The van der Waals surface area contributed by atoms with E-state index in [0.29, 0.717) is 12.5 Å². The molecule has 0 saturated heterocycles. The van der Waals surface area contributed by atoms with Gasteiger partial charge in [-0.25, -0.2) is 0 Å². The number of hydrogen-bond donors (Lipinski definition) is 3. The molecule has 2 rings (SSSR count). The molecule has 0 bridgehead atoms. The first-order valence-corrected chi connectivity index (χ1v) is 8.25. The lowest BCUT2D eigenvalue weighted by atomic mass is 9.92. The largest absolute Gasteiger partial charge is 0.393 e. The van der Waals surface area contributed by atoms with Gasteiger partial charge in [-0.15, -0.1) is 0 Å². The van der Waals surface area contributed by atoms with Crippen molar-refractivity contribution in [1.82, 2.24) is 5.32 Å². The van der Waals surface area contributed by atoms with Gasteiger partial charge >= 0.3 is 0 Å². The van der Waals surface area contributed by atoms with Crippen LogP contribution in [0.5, 0.6) is 0 Å². The zero-order valence-electron chi connectivity index (χ0n) is 13.9. The van der Waals surface area contributed by atoms with Gasteiger partial charge in [0.05, 0.1) is 6.10 Å². The molecule has 1 fully saturated rings. The number of amides is 1. The van der Waals surface area contributed by atoms with E-state index in [0.717, 1.165) is 36.9 Å². The summed E-state index contributed by atoms with van der Waals surface area (Å²) in [5.74, 6) is 0.0443. The lowest BCUT2D eigenvalue weighted by Gasteiger charge is -2.29. The summed E-state index contributed by atoms with van der Waals surface area (Å²) >= 11 is 0. The zero-order chi connectivity index (χ0) is 16.1. The van der Waals surface area contributed by atoms with Gasteiger partial charge in [0.25, 0.3) is 0 Å². The Kier molecular flexibility index (Phi) is 5.98. The molecule has 1 amide bonds. The lowest BCUT2D eigenvalue weighted by molar-refractivity contribution is -0.116. The van der Waals surface area contributed by atoms with Crippen LogP contribution in [0, 0.1) is 13.8 Å². The maximum atomic E-state index is 12.2. The van der Waals surface area contributed by atoms with Crippen molar-refractivity contribution in [1.29, 1.82) is 0 Å².